The molecule has 3 aromatic rings. The van der Waals surface area contributed by atoms with Crippen LogP contribution < -0.4 is 9.47 Å². The van der Waals surface area contributed by atoms with Gasteiger partial charge in [-0.3, -0.25) is 9.69 Å². The zero-order valence-corrected chi connectivity index (χ0v) is 21.1. The van der Waals surface area contributed by atoms with Gasteiger partial charge in [0.2, 0.25) is 0 Å². The number of thiocarbonyl (C=S) groups is 1. The molecule has 0 aromatic heterocycles. The largest absolute Gasteiger partial charge is 0.493 e. The highest BCUT2D eigenvalue weighted by molar-refractivity contribution is 14.1. The molecule has 0 bridgehead atoms. The highest BCUT2D eigenvalue weighted by Crippen LogP contribution is 2.38. The first kappa shape index (κ1) is 22.8. The van der Waals surface area contributed by atoms with Gasteiger partial charge in [0.1, 0.15) is 10.9 Å². The normalized spacial score (nSPS) is 14.8. The van der Waals surface area contributed by atoms with Gasteiger partial charge in [0.25, 0.3) is 5.91 Å². The third kappa shape index (κ3) is 5.33. The number of methoxy groups -OCH3 is 1. The lowest BCUT2D eigenvalue weighted by atomic mass is 10.1. The molecule has 7 heteroatoms. The van der Waals surface area contributed by atoms with E-state index in [0.717, 1.165) is 20.3 Å². The first-order valence-electron chi connectivity index (χ1n) is 9.88. The Labute approximate surface area is 210 Å². The number of hydrogen-bond donors (Lipinski definition) is 0. The van der Waals surface area contributed by atoms with Crippen LogP contribution in [0.4, 0.5) is 0 Å². The molecule has 32 heavy (non-hydrogen) atoms. The number of thioether (sulfide) groups is 1. The molecule has 1 aliphatic heterocycles. The second-order valence-corrected chi connectivity index (χ2v) is 9.90. The van der Waals surface area contributed by atoms with E-state index < -0.39 is 0 Å². The maximum absolute atomic E-state index is 13.0. The first-order chi connectivity index (χ1) is 15.5. The van der Waals surface area contributed by atoms with Crippen LogP contribution in [0.15, 0.2) is 77.7 Å². The maximum atomic E-state index is 13.0. The first-order valence-corrected chi connectivity index (χ1v) is 12.2. The molecule has 0 spiro atoms. The van der Waals surface area contributed by atoms with E-state index in [4.69, 9.17) is 21.7 Å². The molecule has 0 atom stereocenters. The van der Waals surface area contributed by atoms with Crippen molar-refractivity contribution in [1.29, 1.82) is 0 Å². The van der Waals surface area contributed by atoms with Crippen molar-refractivity contribution in [1.82, 2.24) is 4.90 Å². The van der Waals surface area contributed by atoms with Crippen LogP contribution in [0.3, 0.4) is 0 Å². The smallest absolute Gasteiger partial charge is 0.266 e. The third-order valence-electron chi connectivity index (χ3n) is 4.83. The number of nitrogens with zero attached hydrogens (tertiary/aromatic N) is 1. The van der Waals surface area contributed by atoms with Crippen LogP contribution in [-0.2, 0) is 17.9 Å². The van der Waals surface area contributed by atoms with Crippen LogP contribution in [0, 0.1) is 3.57 Å². The fourth-order valence-electron chi connectivity index (χ4n) is 3.25. The van der Waals surface area contributed by atoms with E-state index in [0.29, 0.717) is 33.9 Å². The number of amides is 1. The molecule has 4 rings (SSSR count). The molecule has 0 aliphatic carbocycles. The highest BCUT2D eigenvalue weighted by atomic mass is 127. The predicted molar refractivity (Wildman–Crippen MR) is 142 cm³/mol. The Kier molecular flexibility index (Phi) is 7.49. The molecule has 0 saturated carbocycles. The molecule has 1 fully saturated rings. The van der Waals surface area contributed by atoms with Gasteiger partial charge in [0, 0.05) is 0 Å². The lowest BCUT2D eigenvalue weighted by Crippen LogP contribution is -2.27. The van der Waals surface area contributed by atoms with Crippen LogP contribution >= 0.6 is 46.6 Å². The molecule has 4 nitrogen and oxygen atoms in total. The van der Waals surface area contributed by atoms with Gasteiger partial charge < -0.3 is 9.47 Å². The predicted octanol–water partition coefficient (Wildman–Crippen LogP) is 6.28. The van der Waals surface area contributed by atoms with Crippen LogP contribution in [0.2, 0.25) is 0 Å². The number of rotatable bonds is 7. The van der Waals surface area contributed by atoms with Crippen LogP contribution in [0.25, 0.3) is 6.08 Å². The second kappa shape index (κ2) is 10.5. The third-order valence-corrected chi connectivity index (χ3v) is 7.01. The van der Waals surface area contributed by atoms with E-state index in [9.17, 15) is 4.79 Å². The fourth-order valence-corrected chi connectivity index (χ4v) is 5.28. The Balaban J connectivity index is 1.54. The monoisotopic (exact) mass is 573 g/mol. The van der Waals surface area contributed by atoms with Crippen molar-refractivity contribution in [2.45, 2.75) is 13.2 Å². The quantitative estimate of drug-likeness (QED) is 0.189. The average molecular weight is 573 g/mol. The number of ether oxygens (including phenoxy) is 2. The number of hydrogen-bond acceptors (Lipinski definition) is 5. The molecule has 1 heterocycles. The Bertz CT molecular complexity index is 1170. The number of benzene rings is 3. The topological polar surface area (TPSA) is 38.8 Å². The van der Waals surface area contributed by atoms with E-state index in [2.05, 4.69) is 22.6 Å². The molecule has 1 amide bonds. The van der Waals surface area contributed by atoms with Crippen molar-refractivity contribution >= 4 is 62.9 Å². The van der Waals surface area contributed by atoms with Gasteiger partial charge in [-0.05, 0) is 57.5 Å². The zero-order chi connectivity index (χ0) is 22.5. The molecule has 3 aromatic carbocycles. The van der Waals surface area contributed by atoms with Gasteiger partial charge in [-0.2, -0.15) is 0 Å². The van der Waals surface area contributed by atoms with Gasteiger partial charge >= 0.3 is 0 Å². The molecule has 0 unspecified atom stereocenters. The zero-order valence-electron chi connectivity index (χ0n) is 17.3. The van der Waals surface area contributed by atoms with Crippen LogP contribution in [-0.4, -0.2) is 22.2 Å². The molecule has 0 radical (unpaired) electrons. The molecule has 0 N–H and O–H groups in total. The summed E-state index contributed by atoms with van der Waals surface area (Å²) in [6, 6.07) is 23.7. The maximum Gasteiger partial charge on any atom is 0.266 e. The number of carbonyl (C=O) groups is 1. The van der Waals surface area contributed by atoms with Crippen LogP contribution in [0.5, 0.6) is 11.5 Å². The summed E-state index contributed by atoms with van der Waals surface area (Å²) in [6.07, 6.45) is 1.86. The molecular formula is C25H20INO3S2. The summed E-state index contributed by atoms with van der Waals surface area (Å²) < 4.78 is 13.1. The van der Waals surface area contributed by atoms with E-state index >= 15 is 0 Å². The van der Waals surface area contributed by atoms with Crippen molar-refractivity contribution < 1.29 is 14.3 Å². The van der Waals surface area contributed by atoms with Crippen molar-refractivity contribution in [3.05, 3.63) is 98.0 Å². The highest BCUT2D eigenvalue weighted by Gasteiger charge is 2.32. The van der Waals surface area contributed by atoms with Crippen molar-refractivity contribution in [2.75, 3.05) is 7.11 Å². The van der Waals surface area contributed by atoms with Crippen molar-refractivity contribution in [2.24, 2.45) is 0 Å². The Hall–Kier alpha value is -2.36. The summed E-state index contributed by atoms with van der Waals surface area (Å²) in [4.78, 5) is 15.2. The van der Waals surface area contributed by atoms with E-state index in [1.807, 2.05) is 78.9 Å². The molecule has 1 saturated heterocycles. The Morgan fingerprint density at radius 1 is 1.03 bits per heavy atom. The van der Waals surface area contributed by atoms with Gasteiger partial charge in [0.05, 0.1) is 22.1 Å². The summed E-state index contributed by atoms with van der Waals surface area (Å²) >= 11 is 9.02. The Morgan fingerprint density at radius 3 is 2.34 bits per heavy atom. The average Bonchev–Trinajstić information content (AvgIpc) is 3.06. The van der Waals surface area contributed by atoms with Gasteiger partial charge in [-0.1, -0.05) is 84.6 Å². The minimum Gasteiger partial charge on any atom is -0.493 e. The number of carbonyl (C=O) groups excluding carboxylic acids is 1. The van der Waals surface area contributed by atoms with Crippen molar-refractivity contribution in [3.63, 3.8) is 0 Å². The van der Waals surface area contributed by atoms with Gasteiger partial charge in [0.15, 0.2) is 11.5 Å². The molecule has 1 aliphatic rings. The van der Waals surface area contributed by atoms with Gasteiger partial charge in [-0.25, -0.2) is 0 Å². The summed E-state index contributed by atoms with van der Waals surface area (Å²) in [5.74, 6) is 1.23. The SMILES string of the molecule is COc1cc(/C=C2\SC(=S)N(Cc3ccccc3)C2=O)cc(I)c1OCc1ccccc1. The fraction of sp³-hybridized carbons (Fsp3) is 0.120. The van der Waals surface area contributed by atoms with E-state index in [1.54, 1.807) is 12.0 Å². The van der Waals surface area contributed by atoms with E-state index in [1.165, 1.54) is 11.8 Å². The van der Waals surface area contributed by atoms with Crippen LogP contribution in [0.1, 0.15) is 16.7 Å². The minimum atomic E-state index is -0.0813. The van der Waals surface area contributed by atoms with Gasteiger partial charge in [-0.15, -0.1) is 0 Å². The summed E-state index contributed by atoms with van der Waals surface area (Å²) in [5.41, 5.74) is 2.98. The number of halogens is 1. The molecule has 162 valence electrons. The van der Waals surface area contributed by atoms with Crippen molar-refractivity contribution in [3.8, 4) is 11.5 Å². The summed E-state index contributed by atoms with van der Waals surface area (Å²) in [5, 5.41) is 0. The standard InChI is InChI=1S/C25H20INO3S2/c1-29-21-13-19(12-20(26)23(21)30-16-18-10-6-3-7-11-18)14-22-24(28)27(25(31)32-22)15-17-8-4-2-5-9-17/h2-14H,15-16H2,1H3/b22-14-. The summed E-state index contributed by atoms with van der Waals surface area (Å²) in [6.45, 7) is 0.917. The van der Waals surface area contributed by atoms with E-state index in [-0.39, 0.29) is 5.91 Å². The second-order valence-electron chi connectivity index (χ2n) is 7.06. The summed E-state index contributed by atoms with van der Waals surface area (Å²) in [7, 11) is 1.61. The minimum absolute atomic E-state index is 0.0813. The molecular weight excluding hydrogens is 553 g/mol. The lowest BCUT2D eigenvalue weighted by molar-refractivity contribution is -0.122. The Morgan fingerprint density at radius 2 is 1.69 bits per heavy atom. The lowest BCUT2D eigenvalue weighted by Gasteiger charge is -2.14.